The summed E-state index contributed by atoms with van der Waals surface area (Å²) < 4.78 is 0. The number of allylic oxidation sites excluding steroid dienone is 1. The molecular formula is C5H8N2O2. The largest absolute Gasteiger partial charge is 0.399 e. The zero-order valence-electron chi connectivity index (χ0n) is 5.07. The summed E-state index contributed by atoms with van der Waals surface area (Å²) in [5.74, 6) is -0.502. The summed E-state index contributed by atoms with van der Waals surface area (Å²) in [6, 6.07) is 0. The van der Waals surface area contributed by atoms with Crippen LogP contribution in [-0.4, -0.2) is 19.2 Å². The lowest BCUT2D eigenvalue weighted by Crippen LogP contribution is -2.05. The van der Waals surface area contributed by atoms with Crippen LogP contribution >= 0.6 is 0 Å². The van der Waals surface area contributed by atoms with Gasteiger partial charge in [0.05, 0.1) is 6.21 Å². The lowest BCUT2D eigenvalue weighted by molar-refractivity contribution is -0.113. The van der Waals surface area contributed by atoms with E-state index >= 15 is 0 Å². The van der Waals surface area contributed by atoms with Crippen LogP contribution in [0.1, 0.15) is 0 Å². The van der Waals surface area contributed by atoms with E-state index in [2.05, 4.69) is 9.99 Å². The third-order valence-corrected chi connectivity index (χ3v) is 0.513. The van der Waals surface area contributed by atoms with Crippen LogP contribution in [0.25, 0.3) is 0 Å². The standard InChI is InChI=1S/C5H8N2O2/c1-9-7-4-2-3-5(6)8/h2-4H,1H3,(H2,6,8). The van der Waals surface area contributed by atoms with Crippen molar-refractivity contribution in [2.75, 3.05) is 7.11 Å². The molecule has 0 rings (SSSR count). The van der Waals surface area contributed by atoms with Crippen molar-refractivity contribution in [3.8, 4) is 0 Å². The number of amides is 1. The monoisotopic (exact) mass is 128 g/mol. The molecule has 4 heteroatoms. The molecule has 0 aromatic rings. The summed E-state index contributed by atoms with van der Waals surface area (Å²) in [5.41, 5.74) is 4.75. The van der Waals surface area contributed by atoms with Gasteiger partial charge >= 0.3 is 0 Å². The number of hydrogen-bond donors (Lipinski definition) is 1. The number of nitrogens with zero attached hydrogens (tertiary/aromatic N) is 1. The van der Waals surface area contributed by atoms with Gasteiger partial charge in [-0.1, -0.05) is 5.16 Å². The molecule has 50 valence electrons. The maximum Gasteiger partial charge on any atom is 0.241 e. The van der Waals surface area contributed by atoms with E-state index in [0.29, 0.717) is 0 Å². The molecule has 0 heterocycles. The molecule has 9 heavy (non-hydrogen) atoms. The normalized spacial score (nSPS) is 10.8. The highest BCUT2D eigenvalue weighted by Gasteiger charge is 1.76. The molecule has 0 fully saturated rings. The second-order valence-corrected chi connectivity index (χ2v) is 1.20. The maximum absolute atomic E-state index is 10.00. The van der Waals surface area contributed by atoms with Crippen LogP contribution < -0.4 is 5.73 Å². The SMILES string of the molecule is CON=CC=CC(N)=O. The molecule has 0 spiro atoms. The number of oxime groups is 1. The molecule has 0 atom stereocenters. The lowest BCUT2D eigenvalue weighted by atomic mass is 10.5. The highest BCUT2D eigenvalue weighted by molar-refractivity contribution is 5.90. The minimum atomic E-state index is -0.502. The fourth-order valence-corrected chi connectivity index (χ4v) is 0.234. The Morgan fingerprint density at radius 3 is 2.89 bits per heavy atom. The van der Waals surface area contributed by atoms with E-state index < -0.39 is 5.91 Å². The van der Waals surface area contributed by atoms with Crippen molar-refractivity contribution in [2.45, 2.75) is 0 Å². The van der Waals surface area contributed by atoms with Gasteiger partial charge in [-0.2, -0.15) is 0 Å². The van der Waals surface area contributed by atoms with Crippen molar-refractivity contribution < 1.29 is 9.63 Å². The molecule has 0 aromatic heterocycles. The Morgan fingerprint density at radius 1 is 1.78 bits per heavy atom. The molecule has 0 saturated carbocycles. The van der Waals surface area contributed by atoms with Crippen molar-refractivity contribution >= 4 is 12.1 Å². The molecule has 0 radical (unpaired) electrons. The highest BCUT2D eigenvalue weighted by atomic mass is 16.6. The molecular weight excluding hydrogens is 120 g/mol. The Morgan fingerprint density at radius 2 is 2.44 bits per heavy atom. The molecule has 0 unspecified atom stereocenters. The average Bonchev–Trinajstić information content (AvgIpc) is 1.80. The van der Waals surface area contributed by atoms with E-state index in [-0.39, 0.29) is 0 Å². The molecule has 0 aliphatic rings. The van der Waals surface area contributed by atoms with Crippen LogP contribution in [0.4, 0.5) is 0 Å². The van der Waals surface area contributed by atoms with Crippen LogP contribution in [0, 0.1) is 0 Å². The highest BCUT2D eigenvalue weighted by Crippen LogP contribution is 1.67. The van der Waals surface area contributed by atoms with Crippen molar-refractivity contribution in [3.63, 3.8) is 0 Å². The van der Waals surface area contributed by atoms with E-state index in [0.717, 1.165) is 0 Å². The Kier molecular flexibility index (Phi) is 4.12. The number of carbonyl (C=O) groups is 1. The van der Waals surface area contributed by atoms with Crippen LogP contribution in [0.5, 0.6) is 0 Å². The quantitative estimate of drug-likeness (QED) is 0.321. The average molecular weight is 128 g/mol. The molecule has 0 bridgehead atoms. The summed E-state index contributed by atoms with van der Waals surface area (Å²) in [5, 5.41) is 3.32. The van der Waals surface area contributed by atoms with Gasteiger partial charge < -0.3 is 10.6 Å². The minimum Gasteiger partial charge on any atom is -0.399 e. The fraction of sp³-hybridized carbons (Fsp3) is 0.200. The first-order valence-corrected chi connectivity index (χ1v) is 2.30. The third-order valence-electron chi connectivity index (χ3n) is 0.513. The third kappa shape index (κ3) is 6.68. The number of hydrogen-bond acceptors (Lipinski definition) is 3. The maximum atomic E-state index is 10.00. The van der Waals surface area contributed by atoms with Crippen molar-refractivity contribution in [3.05, 3.63) is 12.2 Å². The Labute approximate surface area is 53.0 Å². The summed E-state index contributed by atoms with van der Waals surface area (Å²) in [4.78, 5) is 14.3. The van der Waals surface area contributed by atoms with Gasteiger partial charge in [-0.05, 0) is 6.08 Å². The summed E-state index contributed by atoms with van der Waals surface area (Å²) >= 11 is 0. The second kappa shape index (κ2) is 4.83. The van der Waals surface area contributed by atoms with E-state index in [1.54, 1.807) is 0 Å². The predicted octanol–water partition coefficient (Wildman–Crippen LogP) is -0.340. The topological polar surface area (TPSA) is 64.7 Å². The second-order valence-electron chi connectivity index (χ2n) is 1.20. The van der Waals surface area contributed by atoms with Gasteiger partial charge in [0.15, 0.2) is 0 Å². The van der Waals surface area contributed by atoms with E-state index in [1.165, 1.54) is 25.5 Å². The molecule has 0 aliphatic carbocycles. The fourth-order valence-electron chi connectivity index (χ4n) is 0.234. The first-order valence-electron chi connectivity index (χ1n) is 2.30. The summed E-state index contributed by atoms with van der Waals surface area (Å²) in [6.45, 7) is 0. The molecule has 0 aliphatic heterocycles. The Hall–Kier alpha value is -1.32. The smallest absolute Gasteiger partial charge is 0.241 e. The number of carbonyl (C=O) groups excluding carboxylic acids is 1. The van der Waals surface area contributed by atoms with Gasteiger partial charge in [0.2, 0.25) is 5.91 Å². The van der Waals surface area contributed by atoms with Gasteiger partial charge in [-0.15, -0.1) is 0 Å². The molecule has 2 N–H and O–H groups in total. The first kappa shape index (κ1) is 7.68. The summed E-state index contributed by atoms with van der Waals surface area (Å²) in [7, 11) is 1.41. The lowest BCUT2D eigenvalue weighted by Gasteiger charge is -1.78. The Bertz CT molecular complexity index is 140. The van der Waals surface area contributed by atoms with Gasteiger partial charge in [-0.25, -0.2) is 0 Å². The predicted molar refractivity (Wildman–Crippen MR) is 33.8 cm³/mol. The van der Waals surface area contributed by atoms with Crippen molar-refractivity contribution in [1.29, 1.82) is 0 Å². The van der Waals surface area contributed by atoms with Crippen LogP contribution in [0.2, 0.25) is 0 Å². The van der Waals surface area contributed by atoms with Crippen LogP contribution in [0.15, 0.2) is 17.3 Å². The van der Waals surface area contributed by atoms with Crippen LogP contribution in [0.3, 0.4) is 0 Å². The molecule has 0 aromatic carbocycles. The van der Waals surface area contributed by atoms with Crippen LogP contribution in [-0.2, 0) is 9.63 Å². The number of nitrogens with two attached hydrogens (primary N) is 1. The van der Waals surface area contributed by atoms with Gasteiger partial charge in [-0.3, -0.25) is 4.79 Å². The van der Waals surface area contributed by atoms with Gasteiger partial charge in [0.1, 0.15) is 7.11 Å². The molecule has 4 nitrogen and oxygen atoms in total. The van der Waals surface area contributed by atoms with E-state index in [1.807, 2.05) is 0 Å². The number of primary amides is 1. The minimum absolute atomic E-state index is 0.502. The molecule has 0 saturated heterocycles. The van der Waals surface area contributed by atoms with Crippen molar-refractivity contribution in [2.24, 2.45) is 10.9 Å². The zero-order valence-corrected chi connectivity index (χ0v) is 5.07. The zero-order chi connectivity index (χ0) is 7.11. The molecule has 1 amide bonds. The van der Waals surface area contributed by atoms with Gasteiger partial charge in [0, 0.05) is 6.08 Å². The first-order chi connectivity index (χ1) is 4.27. The van der Waals surface area contributed by atoms with E-state index in [4.69, 9.17) is 5.73 Å². The summed E-state index contributed by atoms with van der Waals surface area (Å²) in [6.07, 6.45) is 3.90. The Balaban J connectivity index is 3.47. The van der Waals surface area contributed by atoms with E-state index in [9.17, 15) is 4.79 Å². The van der Waals surface area contributed by atoms with Gasteiger partial charge in [0.25, 0.3) is 0 Å². The number of rotatable bonds is 3. The van der Waals surface area contributed by atoms with Crippen molar-refractivity contribution in [1.82, 2.24) is 0 Å².